The van der Waals surface area contributed by atoms with Gasteiger partial charge in [-0.15, -0.1) is 0 Å². The number of benzene rings is 1. The highest BCUT2D eigenvalue weighted by Gasteiger charge is 2.51. The largest absolute Gasteiger partial charge is 0.411 e. The summed E-state index contributed by atoms with van der Waals surface area (Å²) in [6.07, 6.45) is 1.70. The zero-order valence-corrected chi connectivity index (χ0v) is 14.0. The molecule has 2 atom stereocenters. The van der Waals surface area contributed by atoms with Gasteiger partial charge < -0.3 is 14.7 Å². The number of oxime groups is 1. The fourth-order valence-corrected chi connectivity index (χ4v) is 3.35. The number of hydrogen-bond acceptors (Lipinski definition) is 4. The van der Waals surface area contributed by atoms with E-state index in [-0.39, 0.29) is 17.1 Å². The molecular formula is C18H27NO3. The van der Waals surface area contributed by atoms with Gasteiger partial charge in [-0.2, -0.15) is 0 Å². The summed E-state index contributed by atoms with van der Waals surface area (Å²) in [5, 5.41) is 12.5. The molecule has 0 amide bonds. The van der Waals surface area contributed by atoms with Crippen molar-refractivity contribution in [3.8, 4) is 0 Å². The van der Waals surface area contributed by atoms with Gasteiger partial charge in [-0.1, -0.05) is 42.4 Å². The molecule has 0 aromatic heterocycles. The van der Waals surface area contributed by atoms with Crippen molar-refractivity contribution < 1.29 is 14.7 Å². The molecule has 122 valence electrons. The smallest absolute Gasteiger partial charge is 0.0927 e. The Balaban J connectivity index is 2.01. The van der Waals surface area contributed by atoms with Gasteiger partial charge in [0, 0.05) is 5.92 Å². The zero-order valence-electron chi connectivity index (χ0n) is 14.0. The third kappa shape index (κ3) is 3.68. The maximum Gasteiger partial charge on any atom is 0.0927 e. The maximum atomic E-state index is 9.10. The fourth-order valence-electron chi connectivity index (χ4n) is 3.35. The third-order valence-electron chi connectivity index (χ3n) is 4.68. The van der Waals surface area contributed by atoms with Gasteiger partial charge in [0.15, 0.2) is 0 Å². The average Bonchev–Trinajstić information content (AvgIpc) is 2.79. The SMILES string of the molecule is CCC1(COCc2ccccc2)CC(/C(C)=N/O)C(C)(C)O1. The quantitative estimate of drug-likeness (QED) is 0.490. The number of ether oxygens (including phenoxy) is 2. The molecule has 1 aliphatic heterocycles. The van der Waals surface area contributed by atoms with E-state index >= 15 is 0 Å². The molecule has 4 heteroatoms. The normalized spacial score (nSPS) is 28.0. The van der Waals surface area contributed by atoms with Gasteiger partial charge in [0.05, 0.1) is 30.1 Å². The lowest BCUT2D eigenvalue weighted by Gasteiger charge is -2.31. The molecule has 22 heavy (non-hydrogen) atoms. The Hall–Kier alpha value is -1.39. The summed E-state index contributed by atoms with van der Waals surface area (Å²) >= 11 is 0. The second-order valence-corrected chi connectivity index (χ2v) is 6.72. The minimum atomic E-state index is -0.345. The Kier molecular flexibility index (Phi) is 5.24. The first kappa shape index (κ1) is 17.0. The summed E-state index contributed by atoms with van der Waals surface area (Å²) < 4.78 is 12.3. The van der Waals surface area contributed by atoms with E-state index in [0.29, 0.717) is 13.2 Å². The molecule has 1 aromatic rings. The van der Waals surface area contributed by atoms with Crippen LogP contribution in [0.4, 0.5) is 0 Å². The summed E-state index contributed by atoms with van der Waals surface area (Å²) in [4.78, 5) is 0. The van der Waals surface area contributed by atoms with Crippen LogP contribution in [0.1, 0.15) is 46.1 Å². The maximum absolute atomic E-state index is 9.10. The van der Waals surface area contributed by atoms with E-state index in [0.717, 1.165) is 24.1 Å². The zero-order chi connectivity index (χ0) is 16.2. The molecule has 1 N–H and O–H groups in total. The van der Waals surface area contributed by atoms with E-state index in [1.54, 1.807) is 0 Å². The second-order valence-electron chi connectivity index (χ2n) is 6.72. The molecule has 1 heterocycles. The molecule has 0 spiro atoms. The molecule has 0 bridgehead atoms. The second kappa shape index (κ2) is 6.80. The van der Waals surface area contributed by atoms with Crippen LogP contribution >= 0.6 is 0 Å². The van der Waals surface area contributed by atoms with Crippen LogP contribution in [0.5, 0.6) is 0 Å². The minimum Gasteiger partial charge on any atom is -0.411 e. The molecule has 0 aliphatic carbocycles. The lowest BCUT2D eigenvalue weighted by Crippen LogP contribution is -2.37. The molecule has 2 rings (SSSR count). The van der Waals surface area contributed by atoms with E-state index < -0.39 is 0 Å². The van der Waals surface area contributed by atoms with E-state index in [4.69, 9.17) is 14.7 Å². The van der Waals surface area contributed by atoms with Crippen molar-refractivity contribution in [2.75, 3.05) is 6.61 Å². The third-order valence-corrected chi connectivity index (χ3v) is 4.68. The standard InChI is InChI=1S/C18H27NO3/c1-5-18(13-21-12-15-9-7-6-8-10-15)11-16(14(2)19-20)17(3,4)22-18/h6-10,16,20H,5,11-13H2,1-4H3/b19-14+. The lowest BCUT2D eigenvalue weighted by molar-refractivity contribution is -0.128. The Morgan fingerprint density at radius 2 is 2.05 bits per heavy atom. The van der Waals surface area contributed by atoms with E-state index in [2.05, 4.69) is 38.1 Å². The van der Waals surface area contributed by atoms with Crippen molar-refractivity contribution in [2.45, 2.75) is 58.3 Å². The Morgan fingerprint density at radius 3 is 2.64 bits per heavy atom. The van der Waals surface area contributed by atoms with Crippen molar-refractivity contribution in [3.63, 3.8) is 0 Å². The van der Waals surface area contributed by atoms with E-state index in [1.165, 1.54) is 0 Å². The molecule has 4 nitrogen and oxygen atoms in total. The number of hydrogen-bond donors (Lipinski definition) is 1. The molecule has 1 aromatic carbocycles. The van der Waals surface area contributed by atoms with Gasteiger partial charge in [0.1, 0.15) is 0 Å². The van der Waals surface area contributed by atoms with E-state index in [1.807, 2.05) is 25.1 Å². The average molecular weight is 305 g/mol. The minimum absolute atomic E-state index is 0.109. The van der Waals surface area contributed by atoms with Gasteiger partial charge in [0.2, 0.25) is 0 Å². The number of nitrogens with zero attached hydrogens (tertiary/aromatic N) is 1. The first-order chi connectivity index (χ1) is 10.4. The first-order valence-corrected chi connectivity index (χ1v) is 7.93. The van der Waals surface area contributed by atoms with Gasteiger partial charge in [-0.25, -0.2) is 0 Å². The highest BCUT2D eigenvalue weighted by Crippen LogP contribution is 2.45. The fraction of sp³-hybridized carbons (Fsp3) is 0.611. The van der Waals surface area contributed by atoms with Gasteiger partial charge in [-0.3, -0.25) is 0 Å². The topological polar surface area (TPSA) is 51.0 Å². The van der Waals surface area contributed by atoms with Crippen molar-refractivity contribution in [2.24, 2.45) is 11.1 Å². The predicted octanol–water partition coefficient (Wildman–Crippen LogP) is 4.02. The molecule has 1 fully saturated rings. The monoisotopic (exact) mass is 305 g/mol. The Bertz CT molecular complexity index is 512. The summed E-state index contributed by atoms with van der Waals surface area (Å²) in [6.45, 7) is 9.23. The summed E-state index contributed by atoms with van der Waals surface area (Å²) in [6, 6.07) is 10.1. The summed E-state index contributed by atoms with van der Waals surface area (Å²) in [7, 11) is 0. The molecular weight excluding hydrogens is 278 g/mol. The van der Waals surface area contributed by atoms with Crippen LogP contribution in [0.25, 0.3) is 0 Å². The highest BCUT2D eigenvalue weighted by molar-refractivity contribution is 5.85. The van der Waals surface area contributed by atoms with E-state index in [9.17, 15) is 0 Å². The summed E-state index contributed by atoms with van der Waals surface area (Å²) in [5.74, 6) is 0.109. The van der Waals surface area contributed by atoms with Crippen molar-refractivity contribution >= 4 is 5.71 Å². The van der Waals surface area contributed by atoms with Crippen molar-refractivity contribution in [1.82, 2.24) is 0 Å². The number of rotatable bonds is 6. The Morgan fingerprint density at radius 1 is 1.36 bits per heavy atom. The van der Waals surface area contributed by atoms with Crippen molar-refractivity contribution in [1.29, 1.82) is 0 Å². The molecule has 2 unspecified atom stereocenters. The molecule has 0 radical (unpaired) electrons. The molecule has 1 saturated heterocycles. The highest BCUT2D eigenvalue weighted by atomic mass is 16.6. The Labute approximate surface area is 133 Å². The van der Waals surface area contributed by atoms with Crippen LogP contribution in [0.15, 0.2) is 35.5 Å². The van der Waals surface area contributed by atoms with Crippen LogP contribution in [-0.4, -0.2) is 28.7 Å². The van der Waals surface area contributed by atoms with Crippen LogP contribution in [-0.2, 0) is 16.1 Å². The van der Waals surface area contributed by atoms with Crippen LogP contribution in [0.3, 0.4) is 0 Å². The summed E-state index contributed by atoms with van der Waals surface area (Å²) in [5.41, 5.74) is 1.23. The van der Waals surface area contributed by atoms with Gasteiger partial charge >= 0.3 is 0 Å². The van der Waals surface area contributed by atoms with Gasteiger partial charge in [0.25, 0.3) is 0 Å². The predicted molar refractivity (Wildman–Crippen MR) is 87.3 cm³/mol. The van der Waals surface area contributed by atoms with Crippen LogP contribution in [0, 0.1) is 5.92 Å². The lowest BCUT2D eigenvalue weighted by atomic mass is 9.82. The molecule has 1 aliphatic rings. The van der Waals surface area contributed by atoms with Crippen molar-refractivity contribution in [3.05, 3.63) is 35.9 Å². The van der Waals surface area contributed by atoms with Gasteiger partial charge in [-0.05, 0) is 39.2 Å². The first-order valence-electron chi connectivity index (χ1n) is 7.93. The van der Waals surface area contributed by atoms with Crippen LogP contribution in [0.2, 0.25) is 0 Å². The van der Waals surface area contributed by atoms with Crippen LogP contribution < -0.4 is 0 Å². The molecule has 0 saturated carbocycles.